The first kappa shape index (κ1) is 13.8. The standard InChI is InChI=1S/C14H19ClFNO/c1-17-12(7-11-4-5-18-9-11)6-10-2-3-14(16)13(15)8-10/h2-3,8,11-12,17H,4-7,9H2,1H3. The second-order valence-electron chi connectivity index (χ2n) is 4.90. The Labute approximate surface area is 112 Å². The SMILES string of the molecule is CNC(Cc1ccc(F)c(Cl)c1)CC1CCOC1. The van der Waals surface area contributed by atoms with Crippen molar-refractivity contribution in [1.82, 2.24) is 5.32 Å². The van der Waals surface area contributed by atoms with Crippen LogP contribution in [0.1, 0.15) is 18.4 Å². The Morgan fingerprint density at radius 3 is 3.00 bits per heavy atom. The van der Waals surface area contributed by atoms with Crippen LogP contribution in [0.4, 0.5) is 4.39 Å². The Bertz CT molecular complexity index is 393. The van der Waals surface area contributed by atoms with Gasteiger partial charge < -0.3 is 10.1 Å². The fourth-order valence-corrected chi connectivity index (χ4v) is 2.63. The van der Waals surface area contributed by atoms with E-state index in [1.54, 1.807) is 12.1 Å². The van der Waals surface area contributed by atoms with Gasteiger partial charge in [0.05, 0.1) is 5.02 Å². The van der Waals surface area contributed by atoms with E-state index >= 15 is 0 Å². The molecule has 0 amide bonds. The number of halogens is 2. The summed E-state index contributed by atoms with van der Waals surface area (Å²) in [7, 11) is 1.96. The van der Waals surface area contributed by atoms with Crippen molar-refractivity contribution in [2.75, 3.05) is 20.3 Å². The highest BCUT2D eigenvalue weighted by Gasteiger charge is 2.20. The molecule has 0 aromatic heterocycles. The van der Waals surface area contributed by atoms with Crippen molar-refractivity contribution in [3.05, 3.63) is 34.6 Å². The number of hydrogen-bond acceptors (Lipinski definition) is 2. The van der Waals surface area contributed by atoms with E-state index in [1.165, 1.54) is 6.07 Å². The van der Waals surface area contributed by atoms with Gasteiger partial charge in [-0.15, -0.1) is 0 Å². The first-order chi connectivity index (χ1) is 8.69. The third kappa shape index (κ3) is 3.67. The van der Waals surface area contributed by atoms with Crippen molar-refractivity contribution in [2.45, 2.75) is 25.3 Å². The number of nitrogens with one attached hydrogen (secondary N) is 1. The van der Waals surface area contributed by atoms with E-state index in [0.717, 1.165) is 38.0 Å². The van der Waals surface area contributed by atoms with Crippen LogP contribution in [0.3, 0.4) is 0 Å². The summed E-state index contributed by atoms with van der Waals surface area (Å²) >= 11 is 5.80. The molecule has 0 aliphatic carbocycles. The van der Waals surface area contributed by atoms with Gasteiger partial charge in [-0.1, -0.05) is 17.7 Å². The summed E-state index contributed by atoms with van der Waals surface area (Å²) < 4.78 is 18.5. The van der Waals surface area contributed by atoms with Crippen LogP contribution in [0, 0.1) is 11.7 Å². The number of ether oxygens (including phenoxy) is 1. The lowest BCUT2D eigenvalue weighted by molar-refractivity contribution is 0.181. The summed E-state index contributed by atoms with van der Waals surface area (Å²) in [4.78, 5) is 0. The molecule has 2 atom stereocenters. The average molecular weight is 272 g/mol. The summed E-state index contributed by atoms with van der Waals surface area (Å²) in [5.74, 6) is 0.281. The summed E-state index contributed by atoms with van der Waals surface area (Å²) in [5.41, 5.74) is 1.07. The normalized spacial score (nSPS) is 21.2. The lowest BCUT2D eigenvalue weighted by Gasteiger charge is -2.19. The van der Waals surface area contributed by atoms with Crippen molar-refractivity contribution in [3.8, 4) is 0 Å². The number of hydrogen-bond donors (Lipinski definition) is 1. The number of benzene rings is 1. The molecule has 1 aromatic carbocycles. The zero-order valence-electron chi connectivity index (χ0n) is 10.6. The first-order valence-corrected chi connectivity index (χ1v) is 6.75. The van der Waals surface area contributed by atoms with Gasteiger partial charge in [0.15, 0.2) is 0 Å². The lowest BCUT2D eigenvalue weighted by Crippen LogP contribution is -2.30. The molecule has 1 fully saturated rings. The first-order valence-electron chi connectivity index (χ1n) is 6.38. The molecular weight excluding hydrogens is 253 g/mol. The highest BCUT2D eigenvalue weighted by atomic mass is 35.5. The van der Waals surface area contributed by atoms with Crippen LogP contribution in [0.25, 0.3) is 0 Å². The van der Waals surface area contributed by atoms with E-state index in [1.807, 2.05) is 7.05 Å². The van der Waals surface area contributed by atoms with Crippen molar-refractivity contribution in [2.24, 2.45) is 5.92 Å². The molecule has 1 heterocycles. The summed E-state index contributed by atoms with van der Waals surface area (Å²) in [6.45, 7) is 1.74. The third-order valence-electron chi connectivity index (χ3n) is 3.52. The van der Waals surface area contributed by atoms with E-state index in [9.17, 15) is 4.39 Å². The fourth-order valence-electron chi connectivity index (χ4n) is 2.43. The second-order valence-corrected chi connectivity index (χ2v) is 5.31. The van der Waals surface area contributed by atoms with Crippen molar-refractivity contribution < 1.29 is 9.13 Å². The van der Waals surface area contributed by atoms with Gasteiger partial charge in [0.1, 0.15) is 5.82 Å². The molecule has 4 heteroatoms. The van der Waals surface area contributed by atoms with Crippen molar-refractivity contribution in [3.63, 3.8) is 0 Å². The quantitative estimate of drug-likeness (QED) is 0.889. The minimum absolute atomic E-state index is 0.201. The van der Waals surface area contributed by atoms with Gasteiger partial charge in [-0.3, -0.25) is 0 Å². The second kappa shape index (κ2) is 6.50. The van der Waals surface area contributed by atoms with E-state index in [-0.39, 0.29) is 10.8 Å². The zero-order chi connectivity index (χ0) is 13.0. The van der Waals surface area contributed by atoms with Gasteiger partial charge in [0, 0.05) is 19.3 Å². The maximum Gasteiger partial charge on any atom is 0.141 e. The Morgan fingerprint density at radius 1 is 1.56 bits per heavy atom. The van der Waals surface area contributed by atoms with Crippen LogP contribution >= 0.6 is 11.6 Å². The van der Waals surface area contributed by atoms with E-state index in [2.05, 4.69) is 5.32 Å². The van der Waals surface area contributed by atoms with Gasteiger partial charge >= 0.3 is 0 Å². The monoisotopic (exact) mass is 271 g/mol. The molecule has 1 aliphatic rings. The smallest absolute Gasteiger partial charge is 0.141 e. The molecule has 1 aliphatic heterocycles. The molecule has 100 valence electrons. The maximum absolute atomic E-state index is 13.1. The van der Waals surface area contributed by atoms with Gasteiger partial charge in [-0.05, 0) is 49.9 Å². The minimum Gasteiger partial charge on any atom is -0.381 e. The molecule has 18 heavy (non-hydrogen) atoms. The zero-order valence-corrected chi connectivity index (χ0v) is 11.3. The molecule has 0 saturated carbocycles. The summed E-state index contributed by atoms with van der Waals surface area (Å²) in [6.07, 6.45) is 3.10. The van der Waals surface area contributed by atoms with E-state index in [0.29, 0.717) is 12.0 Å². The van der Waals surface area contributed by atoms with E-state index in [4.69, 9.17) is 16.3 Å². The Morgan fingerprint density at radius 2 is 2.39 bits per heavy atom. The number of likely N-dealkylation sites (N-methyl/N-ethyl adjacent to an activating group) is 1. The molecule has 1 N–H and O–H groups in total. The average Bonchev–Trinajstić information content (AvgIpc) is 2.86. The number of rotatable bonds is 5. The topological polar surface area (TPSA) is 21.3 Å². The third-order valence-corrected chi connectivity index (χ3v) is 3.81. The molecule has 2 nitrogen and oxygen atoms in total. The maximum atomic E-state index is 13.1. The highest BCUT2D eigenvalue weighted by molar-refractivity contribution is 6.30. The minimum atomic E-state index is -0.356. The van der Waals surface area contributed by atoms with Crippen LogP contribution in [0.15, 0.2) is 18.2 Å². The molecule has 0 bridgehead atoms. The fraction of sp³-hybridized carbons (Fsp3) is 0.571. The van der Waals surface area contributed by atoms with Crippen molar-refractivity contribution in [1.29, 1.82) is 0 Å². The van der Waals surface area contributed by atoms with Gasteiger partial charge in [0.2, 0.25) is 0 Å². The van der Waals surface area contributed by atoms with Gasteiger partial charge in [0.25, 0.3) is 0 Å². The van der Waals surface area contributed by atoms with Gasteiger partial charge in [-0.25, -0.2) is 4.39 Å². The predicted octanol–water partition coefficient (Wildman–Crippen LogP) is 3.04. The lowest BCUT2D eigenvalue weighted by atomic mass is 9.94. The van der Waals surface area contributed by atoms with E-state index < -0.39 is 0 Å². The Balaban J connectivity index is 1.94. The molecule has 0 radical (unpaired) electrons. The predicted molar refractivity (Wildman–Crippen MR) is 71.5 cm³/mol. The van der Waals surface area contributed by atoms with Gasteiger partial charge in [-0.2, -0.15) is 0 Å². The molecule has 1 saturated heterocycles. The molecular formula is C14H19ClFNO. The van der Waals surface area contributed by atoms with Crippen LogP contribution in [0.2, 0.25) is 5.02 Å². The Kier molecular flexibility index (Phi) is 4.98. The highest BCUT2D eigenvalue weighted by Crippen LogP contribution is 2.21. The van der Waals surface area contributed by atoms with Crippen LogP contribution < -0.4 is 5.32 Å². The molecule has 2 rings (SSSR count). The molecule has 2 unspecified atom stereocenters. The summed E-state index contributed by atoms with van der Waals surface area (Å²) in [6, 6.07) is 5.34. The largest absolute Gasteiger partial charge is 0.381 e. The van der Waals surface area contributed by atoms with Crippen molar-refractivity contribution >= 4 is 11.6 Å². The Hall–Kier alpha value is -0.640. The van der Waals surface area contributed by atoms with Crippen LogP contribution in [0.5, 0.6) is 0 Å². The molecule has 0 spiro atoms. The molecule has 1 aromatic rings. The van der Waals surface area contributed by atoms with Crippen LogP contribution in [-0.2, 0) is 11.2 Å². The van der Waals surface area contributed by atoms with Crippen LogP contribution in [-0.4, -0.2) is 26.3 Å². The summed E-state index contributed by atoms with van der Waals surface area (Å²) in [5, 5.41) is 3.52.